The number of pyridine rings is 1. The van der Waals surface area contributed by atoms with Crippen LogP contribution in [0.3, 0.4) is 0 Å². The van der Waals surface area contributed by atoms with Crippen molar-refractivity contribution in [3.63, 3.8) is 0 Å². The number of halogens is 1. The molecule has 1 amide bonds. The summed E-state index contributed by atoms with van der Waals surface area (Å²) >= 11 is 5.82. The molecule has 1 aromatic rings. The molecule has 1 heterocycles. The number of carboxylic acid groups (broad SMARTS) is 1. The molecule has 0 bridgehead atoms. The van der Waals surface area contributed by atoms with Gasteiger partial charge in [-0.15, -0.1) is 0 Å². The molecular formula is C15H19ClN2O3. The van der Waals surface area contributed by atoms with Crippen molar-refractivity contribution < 1.29 is 14.7 Å². The Morgan fingerprint density at radius 2 is 2.00 bits per heavy atom. The molecule has 0 aliphatic heterocycles. The van der Waals surface area contributed by atoms with Gasteiger partial charge in [0, 0.05) is 7.05 Å². The predicted molar refractivity (Wildman–Crippen MR) is 79.4 cm³/mol. The highest BCUT2D eigenvalue weighted by atomic mass is 35.5. The number of carbonyl (C=O) groups excluding carboxylic acids is 1. The van der Waals surface area contributed by atoms with Gasteiger partial charge in [0.25, 0.3) is 5.91 Å². The van der Waals surface area contributed by atoms with Crippen molar-refractivity contribution in [1.29, 1.82) is 0 Å². The van der Waals surface area contributed by atoms with E-state index < -0.39 is 11.5 Å². The van der Waals surface area contributed by atoms with E-state index in [0.29, 0.717) is 12.8 Å². The maximum Gasteiger partial charge on any atom is 0.305 e. The topological polar surface area (TPSA) is 70.5 Å². The van der Waals surface area contributed by atoms with Crippen LogP contribution < -0.4 is 0 Å². The largest absolute Gasteiger partial charge is 0.481 e. The molecule has 0 radical (unpaired) electrons. The van der Waals surface area contributed by atoms with Crippen LogP contribution >= 0.6 is 11.6 Å². The van der Waals surface area contributed by atoms with Crippen molar-refractivity contribution in [2.75, 3.05) is 7.05 Å². The van der Waals surface area contributed by atoms with E-state index in [1.165, 1.54) is 0 Å². The first-order valence-corrected chi connectivity index (χ1v) is 7.45. The fourth-order valence-corrected chi connectivity index (χ4v) is 3.20. The van der Waals surface area contributed by atoms with Crippen LogP contribution in [-0.2, 0) is 4.79 Å². The summed E-state index contributed by atoms with van der Waals surface area (Å²) in [7, 11) is 1.67. The number of carboxylic acids is 1. The molecule has 1 N–H and O–H groups in total. The second kappa shape index (κ2) is 6.43. The third-order valence-corrected chi connectivity index (χ3v) is 4.43. The molecule has 1 aliphatic rings. The van der Waals surface area contributed by atoms with E-state index in [1.807, 2.05) is 0 Å². The van der Waals surface area contributed by atoms with Crippen LogP contribution in [0.5, 0.6) is 0 Å². The molecule has 1 aromatic heterocycles. The van der Waals surface area contributed by atoms with Gasteiger partial charge >= 0.3 is 5.97 Å². The fraction of sp³-hybridized carbons (Fsp3) is 0.533. The maximum absolute atomic E-state index is 12.6. The third kappa shape index (κ3) is 3.53. The minimum Gasteiger partial charge on any atom is -0.481 e. The average molecular weight is 311 g/mol. The number of carbonyl (C=O) groups is 2. The van der Waals surface area contributed by atoms with Crippen LogP contribution in [0.1, 0.15) is 49.0 Å². The lowest BCUT2D eigenvalue weighted by Crippen LogP contribution is -2.52. The Balaban J connectivity index is 2.27. The lowest BCUT2D eigenvalue weighted by atomic mass is 9.78. The summed E-state index contributed by atoms with van der Waals surface area (Å²) in [5.41, 5.74) is -0.370. The highest BCUT2D eigenvalue weighted by Gasteiger charge is 2.40. The number of amides is 1. The zero-order chi connectivity index (χ0) is 15.5. The Hall–Kier alpha value is -1.62. The molecule has 1 saturated carbocycles. The first-order valence-electron chi connectivity index (χ1n) is 7.07. The molecule has 2 rings (SSSR count). The van der Waals surface area contributed by atoms with Crippen LogP contribution in [0, 0.1) is 0 Å². The van der Waals surface area contributed by atoms with Crippen LogP contribution in [0.15, 0.2) is 18.2 Å². The van der Waals surface area contributed by atoms with Gasteiger partial charge in [-0.25, -0.2) is 4.98 Å². The van der Waals surface area contributed by atoms with Gasteiger partial charge in [0.1, 0.15) is 10.8 Å². The molecule has 6 heteroatoms. The van der Waals surface area contributed by atoms with Gasteiger partial charge in [-0.3, -0.25) is 9.59 Å². The van der Waals surface area contributed by atoms with Gasteiger partial charge in [-0.05, 0) is 25.0 Å². The molecule has 1 fully saturated rings. The zero-order valence-electron chi connectivity index (χ0n) is 12.0. The number of rotatable bonds is 4. The Morgan fingerprint density at radius 1 is 1.33 bits per heavy atom. The minimum absolute atomic E-state index is 0.0319. The lowest BCUT2D eigenvalue weighted by molar-refractivity contribution is -0.140. The van der Waals surface area contributed by atoms with Crippen molar-refractivity contribution in [2.24, 2.45) is 0 Å². The highest BCUT2D eigenvalue weighted by Crippen LogP contribution is 2.36. The summed E-state index contributed by atoms with van der Waals surface area (Å²) in [5, 5.41) is 9.46. The van der Waals surface area contributed by atoms with Gasteiger partial charge in [0.05, 0.1) is 12.0 Å². The number of aliphatic carboxylic acids is 1. The van der Waals surface area contributed by atoms with Crippen LogP contribution in [0.4, 0.5) is 0 Å². The first-order chi connectivity index (χ1) is 9.94. The van der Waals surface area contributed by atoms with Gasteiger partial charge in [-0.1, -0.05) is 36.9 Å². The molecule has 21 heavy (non-hydrogen) atoms. The van der Waals surface area contributed by atoms with Gasteiger partial charge in [0.15, 0.2) is 0 Å². The Labute approximate surface area is 128 Å². The van der Waals surface area contributed by atoms with Crippen molar-refractivity contribution in [3.05, 3.63) is 29.0 Å². The van der Waals surface area contributed by atoms with E-state index in [0.717, 1.165) is 19.3 Å². The molecule has 0 unspecified atom stereocenters. The molecule has 0 aromatic carbocycles. The van der Waals surface area contributed by atoms with Crippen molar-refractivity contribution in [3.8, 4) is 0 Å². The first kappa shape index (κ1) is 15.8. The summed E-state index contributed by atoms with van der Waals surface area (Å²) in [6.07, 6.45) is 4.35. The van der Waals surface area contributed by atoms with Gasteiger partial charge in [-0.2, -0.15) is 0 Å². The average Bonchev–Trinajstić information content (AvgIpc) is 2.46. The summed E-state index contributed by atoms with van der Waals surface area (Å²) in [5.74, 6) is -1.16. The van der Waals surface area contributed by atoms with Gasteiger partial charge in [0.2, 0.25) is 0 Å². The van der Waals surface area contributed by atoms with E-state index >= 15 is 0 Å². The standard InChI is InChI=1S/C15H19ClN2O3/c1-18(14(21)11-6-5-7-12(16)17-11)15(10-13(19)20)8-3-2-4-9-15/h5-7H,2-4,8-10H2,1H3,(H,19,20). The summed E-state index contributed by atoms with van der Waals surface area (Å²) in [6.45, 7) is 0. The third-order valence-electron chi connectivity index (χ3n) is 4.21. The SMILES string of the molecule is CN(C(=O)c1cccc(Cl)n1)C1(CC(=O)O)CCCCC1. The van der Waals surface area contributed by atoms with Crippen LogP contribution in [0.2, 0.25) is 5.15 Å². The van der Waals surface area contributed by atoms with Crippen molar-refractivity contribution in [1.82, 2.24) is 9.88 Å². The normalized spacial score (nSPS) is 17.2. The lowest BCUT2D eigenvalue weighted by Gasteiger charge is -2.43. The molecule has 0 atom stereocenters. The van der Waals surface area contributed by atoms with E-state index in [1.54, 1.807) is 30.1 Å². The second-order valence-electron chi connectivity index (χ2n) is 5.57. The zero-order valence-corrected chi connectivity index (χ0v) is 12.8. The van der Waals surface area contributed by atoms with E-state index in [9.17, 15) is 14.7 Å². The van der Waals surface area contributed by atoms with E-state index in [2.05, 4.69) is 4.98 Å². The number of nitrogens with zero attached hydrogens (tertiary/aromatic N) is 2. The minimum atomic E-state index is -0.879. The van der Waals surface area contributed by atoms with Crippen molar-refractivity contribution >= 4 is 23.5 Å². The van der Waals surface area contributed by atoms with E-state index in [-0.39, 0.29) is 23.2 Å². The second-order valence-corrected chi connectivity index (χ2v) is 5.95. The monoisotopic (exact) mass is 310 g/mol. The number of hydrogen-bond acceptors (Lipinski definition) is 3. The number of hydrogen-bond donors (Lipinski definition) is 1. The summed E-state index contributed by atoms with van der Waals surface area (Å²) < 4.78 is 0. The molecule has 1 aliphatic carbocycles. The molecule has 5 nitrogen and oxygen atoms in total. The summed E-state index contributed by atoms with van der Waals surface area (Å²) in [6, 6.07) is 4.87. The highest BCUT2D eigenvalue weighted by molar-refractivity contribution is 6.29. The fourth-order valence-electron chi connectivity index (χ4n) is 3.04. The molecular weight excluding hydrogens is 292 g/mol. The Morgan fingerprint density at radius 3 is 2.57 bits per heavy atom. The van der Waals surface area contributed by atoms with Crippen LogP contribution in [-0.4, -0.2) is 39.5 Å². The summed E-state index contributed by atoms with van der Waals surface area (Å²) in [4.78, 5) is 29.4. The van der Waals surface area contributed by atoms with E-state index in [4.69, 9.17) is 11.6 Å². The van der Waals surface area contributed by atoms with Crippen LogP contribution in [0.25, 0.3) is 0 Å². The van der Waals surface area contributed by atoms with Gasteiger partial charge < -0.3 is 10.0 Å². The maximum atomic E-state index is 12.6. The molecule has 0 saturated heterocycles. The molecule has 114 valence electrons. The quantitative estimate of drug-likeness (QED) is 0.868. The Kier molecular flexibility index (Phi) is 4.83. The number of aromatic nitrogens is 1. The smallest absolute Gasteiger partial charge is 0.305 e. The predicted octanol–water partition coefficient (Wildman–Crippen LogP) is 2.98. The Bertz CT molecular complexity index is 541. The molecule has 0 spiro atoms. The van der Waals surface area contributed by atoms with Crippen molar-refractivity contribution in [2.45, 2.75) is 44.1 Å².